The summed E-state index contributed by atoms with van der Waals surface area (Å²) in [6, 6.07) is 0. The minimum atomic E-state index is -0.901. The Morgan fingerprint density at radius 3 is 2.38 bits per heavy atom. The molecule has 4 atom stereocenters. The molecule has 136 valence electrons. The van der Waals surface area contributed by atoms with Gasteiger partial charge in [0.2, 0.25) is 0 Å². The van der Waals surface area contributed by atoms with E-state index in [9.17, 15) is 14.7 Å². The van der Waals surface area contributed by atoms with Crippen LogP contribution >= 0.6 is 0 Å². The second-order valence-electron chi connectivity index (χ2n) is 9.06. The number of carboxylic acid groups (broad SMARTS) is 1. The molecular formula is C19H30O5. The van der Waals surface area contributed by atoms with Gasteiger partial charge < -0.3 is 14.6 Å². The second-order valence-corrected chi connectivity index (χ2v) is 9.06. The number of aliphatic carboxylic acids is 1. The molecule has 0 aromatic rings. The molecule has 3 aliphatic rings. The summed E-state index contributed by atoms with van der Waals surface area (Å²) in [6.07, 6.45) is 3.09. The van der Waals surface area contributed by atoms with Gasteiger partial charge in [0.25, 0.3) is 0 Å². The molecule has 0 amide bonds. The van der Waals surface area contributed by atoms with Crippen molar-refractivity contribution in [1.29, 1.82) is 0 Å². The van der Waals surface area contributed by atoms with Crippen LogP contribution in [0.25, 0.3) is 0 Å². The third-order valence-electron chi connectivity index (χ3n) is 6.67. The molecule has 2 aliphatic carbocycles. The van der Waals surface area contributed by atoms with Crippen molar-refractivity contribution >= 4 is 11.8 Å². The average molecular weight is 338 g/mol. The number of ether oxygens (including phenoxy) is 2. The van der Waals surface area contributed by atoms with Crippen LogP contribution in [-0.2, 0) is 19.1 Å². The van der Waals surface area contributed by atoms with E-state index in [2.05, 4.69) is 20.8 Å². The number of carboxylic acids is 1. The highest BCUT2D eigenvalue weighted by molar-refractivity contribution is 5.91. The molecule has 0 bridgehead atoms. The van der Waals surface area contributed by atoms with Crippen LogP contribution in [-0.4, -0.2) is 35.9 Å². The first-order chi connectivity index (χ1) is 11.1. The van der Waals surface area contributed by atoms with E-state index < -0.39 is 23.1 Å². The third-order valence-corrected chi connectivity index (χ3v) is 6.67. The monoisotopic (exact) mass is 338 g/mol. The fourth-order valence-corrected chi connectivity index (χ4v) is 5.18. The quantitative estimate of drug-likeness (QED) is 0.836. The summed E-state index contributed by atoms with van der Waals surface area (Å²) in [5.74, 6) is -1.60. The molecule has 5 nitrogen and oxygen atoms in total. The summed E-state index contributed by atoms with van der Waals surface area (Å²) in [7, 11) is 0. The first-order valence-electron chi connectivity index (χ1n) is 9.15. The zero-order valence-electron chi connectivity index (χ0n) is 15.3. The number of ketones is 1. The summed E-state index contributed by atoms with van der Waals surface area (Å²) in [5.41, 5.74) is -0.806. The highest BCUT2D eigenvalue weighted by Crippen LogP contribution is 2.61. The number of carbonyl (C=O) groups excluding carboxylic acids is 1. The number of rotatable bonds is 2. The maximum absolute atomic E-state index is 13.4. The Morgan fingerprint density at radius 2 is 1.79 bits per heavy atom. The lowest BCUT2D eigenvalue weighted by atomic mass is 9.67. The Hall–Kier alpha value is -0.940. The fraction of sp³-hybridized carbons (Fsp3) is 0.895. The number of carbonyl (C=O) groups is 2. The Labute approximate surface area is 144 Å². The zero-order chi connectivity index (χ0) is 17.8. The van der Waals surface area contributed by atoms with Gasteiger partial charge in [0, 0.05) is 17.8 Å². The van der Waals surface area contributed by atoms with Crippen LogP contribution in [0.1, 0.15) is 59.8 Å². The summed E-state index contributed by atoms with van der Waals surface area (Å²) >= 11 is 0. The lowest BCUT2D eigenvalue weighted by Gasteiger charge is -2.50. The van der Waals surface area contributed by atoms with Gasteiger partial charge in [-0.2, -0.15) is 0 Å². The molecule has 1 spiro atoms. The van der Waals surface area contributed by atoms with Gasteiger partial charge in [-0.3, -0.25) is 9.59 Å². The standard InChI is InChI=1S/C19H30O5/c1-12-5-6-13(9-15(20)21)16(22)18(4)14(12)7-8-19(18)23-10-17(2,3)11-24-19/h12-14H,5-11H2,1-4H3,(H,20,21)/t12-,13-,14-,18+/m0/s1. The molecule has 0 radical (unpaired) electrons. The molecule has 24 heavy (non-hydrogen) atoms. The van der Waals surface area contributed by atoms with Crippen molar-refractivity contribution in [2.75, 3.05) is 13.2 Å². The molecule has 1 heterocycles. The molecule has 3 fully saturated rings. The lowest BCUT2D eigenvalue weighted by molar-refractivity contribution is -0.332. The van der Waals surface area contributed by atoms with E-state index in [0.29, 0.717) is 25.6 Å². The van der Waals surface area contributed by atoms with Crippen LogP contribution in [0.15, 0.2) is 0 Å². The molecule has 1 N–H and O–H groups in total. The Kier molecular flexibility index (Phi) is 4.32. The van der Waals surface area contributed by atoms with E-state index in [1.165, 1.54) is 0 Å². The topological polar surface area (TPSA) is 72.8 Å². The summed E-state index contributed by atoms with van der Waals surface area (Å²) in [5, 5.41) is 9.22. The summed E-state index contributed by atoms with van der Waals surface area (Å²) in [6.45, 7) is 9.49. The van der Waals surface area contributed by atoms with Crippen molar-refractivity contribution in [1.82, 2.24) is 0 Å². The van der Waals surface area contributed by atoms with Crippen molar-refractivity contribution in [3.63, 3.8) is 0 Å². The van der Waals surface area contributed by atoms with Crippen LogP contribution in [0.5, 0.6) is 0 Å². The van der Waals surface area contributed by atoms with Crippen LogP contribution in [0.4, 0.5) is 0 Å². The lowest BCUT2D eigenvalue weighted by Crippen LogP contribution is -2.60. The molecule has 1 saturated heterocycles. The van der Waals surface area contributed by atoms with E-state index in [1.807, 2.05) is 6.92 Å². The summed E-state index contributed by atoms with van der Waals surface area (Å²) in [4.78, 5) is 24.7. The van der Waals surface area contributed by atoms with Gasteiger partial charge >= 0.3 is 5.97 Å². The largest absolute Gasteiger partial charge is 0.481 e. The van der Waals surface area contributed by atoms with Gasteiger partial charge in [-0.15, -0.1) is 0 Å². The molecular weight excluding hydrogens is 308 g/mol. The molecule has 5 heteroatoms. The van der Waals surface area contributed by atoms with Crippen LogP contribution in [0, 0.1) is 28.6 Å². The Morgan fingerprint density at radius 1 is 1.17 bits per heavy atom. The maximum Gasteiger partial charge on any atom is 0.304 e. The predicted molar refractivity (Wildman–Crippen MR) is 88.4 cm³/mol. The number of Topliss-reactive ketones (excluding diaryl/α,β-unsaturated/α-hetero) is 1. The second kappa shape index (κ2) is 5.80. The smallest absolute Gasteiger partial charge is 0.304 e. The minimum Gasteiger partial charge on any atom is -0.481 e. The number of fused-ring (bicyclic) bond motifs is 2. The van der Waals surface area contributed by atoms with Gasteiger partial charge in [-0.25, -0.2) is 0 Å². The zero-order valence-corrected chi connectivity index (χ0v) is 15.3. The molecule has 3 rings (SSSR count). The van der Waals surface area contributed by atoms with Crippen LogP contribution in [0.2, 0.25) is 0 Å². The SMILES string of the molecule is C[C@H]1CC[C@@H](CC(=O)O)C(=O)[C@@]2(C)[C@H]1CCC21OCC(C)(C)CO1. The molecule has 0 aromatic heterocycles. The van der Waals surface area contributed by atoms with Gasteiger partial charge in [0.05, 0.1) is 25.0 Å². The molecule has 0 aromatic carbocycles. The van der Waals surface area contributed by atoms with Gasteiger partial charge in [-0.05, 0) is 38.0 Å². The van der Waals surface area contributed by atoms with Crippen LogP contribution < -0.4 is 0 Å². The third kappa shape index (κ3) is 2.60. The van der Waals surface area contributed by atoms with E-state index >= 15 is 0 Å². The predicted octanol–water partition coefficient (Wildman–Crippen LogP) is 3.26. The molecule has 1 aliphatic heterocycles. The van der Waals surface area contributed by atoms with Gasteiger partial charge in [-0.1, -0.05) is 20.8 Å². The van der Waals surface area contributed by atoms with Crippen molar-refractivity contribution in [2.24, 2.45) is 28.6 Å². The van der Waals surface area contributed by atoms with Crippen molar-refractivity contribution in [3.05, 3.63) is 0 Å². The number of hydrogen-bond acceptors (Lipinski definition) is 4. The van der Waals surface area contributed by atoms with E-state index in [-0.39, 0.29) is 23.5 Å². The van der Waals surface area contributed by atoms with E-state index in [4.69, 9.17) is 9.47 Å². The highest BCUT2D eigenvalue weighted by Gasteiger charge is 2.67. The first-order valence-corrected chi connectivity index (χ1v) is 9.15. The van der Waals surface area contributed by atoms with Gasteiger partial charge in [0.15, 0.2) is 5.79 Å². The average Bonchev–Trinajstić information content (AvgIpc) is 2.75. The van der Waals surface area contributed by atoms with Crippen molar-refractivity contribution < 1.29 is 24.2 Å². The van der Waals surface area contributed by atoms with Crippen molar-refractivity contribution in [2.45, 2.75) is 65.6 Å². The Bertz CT molecular complexity index is 530. The van der Waals surface area contributed by atoms with Gasteiger partial charge in [0.1, 0.15) is 5.78 Å². The van der Waals surface area contributed by atoms with Crippen LogP contribution in [0.3, 0.4) is 0 Å². The normalized spacial score (nSPS) is 41.0. The first kappa shape index (κ1) is 17.9. The fourth-order valence-electron chi connectivity index (χ4n) is 5.18. The highest BCUT2D eigenvalue weighted by atomic mass is 16.7. The Balaban J connectivity index is 1.97. The molecule has 2 saturated carbocycles. The molecule has 0 unspecified atom stereocenters. The van der Waals surface area contributed by atoms with E-state index in [0.717, 1.165) is 19.3 Å². The number of hydrogen-bond donors (Lipinski definition) is 1. The maximum atomic E-state index is 13.4. The van der Waals surface area contributed by atoms with Crippen molar-refractivity contribution in [3.8, 4) is 0 Å². The minimum absolute atomic E-state index is 0.0384. The summed E-state index contributed by atoms with van der Waals surface area (Å²) < 4.78 is 12.5. The van der Waals surface area contributed by atoms with E-state index in [1.54, 1.807) is 0 Å².